The van der Waals surface area contributed by atoms with Crippen molar-refractivity contribution in [3.63, 3.8) is 0 Å². The molecule has 1 aromatic heterocycles. The van der Waals surface area contributed by atoms with Crippen LogP contribution in [0.5, 0.6) is 11.5 Å². The van der Waals surface area contributed by atoms with Gasteiger partial charge in [0.2, 0.25) is 0 Å². The van der Waals surface area contributed by atoms with Gasteiger partial charge in [-0.2, -0.15) is 0 Å². The third-order valence-electron chi connectivity index (χ3n) is 5.33. The number of likely N-dealkylation sites (tertiary alicyclic amines) is 1. The Morgan fingerprint density at radius 1 is 1.16 bits per heavy atom. The predicted molar refractivity (Wildman–Crippen MR) is 114 cm³/mol. The number of Topliss-reactive ketones (excluding diaryl/α,β-unsaturated/α-hetero) is 1. The Kier molecular flexibility index (Phi) is 5.90. The molecule has 1 aromatic carbocycles. The van der Waals surface area contributed by atoms with Crippen LogP contribution in [0.2, 0.25) is 0 Å². The molecule has 162 valence electrons. The summed E-state index contributed by atoms with van der Waals surface area (Å²) in [5, 5.41) is 11.1. The van der Waals surface area contributed by atoms with E-state index in [-0.39, 0.29) is 11.3 Å². The van der Waals surface area contributed by atoms with Gasteiger partial charge in [0.25, 0.3) is 11.7 Å². The van der Waals surface area contributed by atoms with E-state index in [1.54, 1.807) is 42.6 Å². The van der Waals surface area contributed by atoms with E-state index >= 15 is 0 Å². The van der Waals surface area contributed by atoms with Crippen LogP contribution in [0, 0.1) is 0 Å². The van der Waals surface area contributed by atoms with E-state index < -0.39 is 17.7 Å². The molecule has 2 aliphatic rings. The second kappa shape index (κ2) is 8.77. The van der Waals surface area contributed by atoms with Crippen molar-refractivity contribution in [1.82, 2.24) is 14.8 Å². The molecular formula is C23H25N3O5. The maximum atomic E-state index is 13.0. The molecule has 31 heavy (non-hydrogen) atoms. The van der Waals surface area contributed by atoms with Crippen molar-refractivity contribution in [2.45, 2.75) is 12.5 Å². The summed E-state index contributed by atoms with van der Waals surface area (Å²) in [4.78, 5) is 33.8. The number of carbonyl (C=O) groups is 2. The molecule has 1 atom stereocenters. The molecule has 4 rings (SSSR count). The standard InChI is InChI=1S/C23H25N3O5/c1-25(2)10-5-11-26-20(16-6-3-4-9-24-16)19(22(28)23(26)29)21(27)15-7-8-17-18(14-15)31-13-12-30-17/h3-4,6-9,14,20,27H,5,10-13H2,1-2H3/t20-/m0/s1. The van der Waals surface area contributed by atoms with Crippen molar-refractivity contribution >= 4 is 17.4 Å². The molecule has 1 amide bonds. The van der Waals surface area contributed by atoms with E-state index in [1.807, 2.05) is 19.0 Å². The van der Waals surface area contributed by atoms with Gasteiger partial charge in [-0.15, -0.1) is 0 Å². The van der Waals surface area contributed by atoms with Gasteiger partial charge in [0.15, 0.2) is 11.5 Å². The van der Waals surface area contributed by atoms with Gasteiger partial charge in [0.1, 0.15) is 25.0 Å². The molecule has 8 nitrogen and oxygen atoms in total. The number of amides is 1. The van der Waals surface area contributed by atoms with Crippen molar-refractivity contribution in [1.29, 1.82) is 0 Å². The molecule has 0 aliphatic carbocycles. The topological polar surface area (TPSA) is 92.2 Å². The van der Waals surface area contributed by atoms with E-state index in [2.05, 4.69) is 4.98 Å². The molecule has 0 unspecified atom stereocenters. The summed E-state index contributed by atoms with van der Waals surface area (Å²) in [6, 6.07) is 9.53. The minimum Gasteiger partial charge on any atom is -0.507 e. The molecule has 3 heterocycles. The van der Waals surface area contributed by atoms with Crippen LogP contribution in [-0.2, 0) is 9.59 Å². The van der Waals surface area contributed by atoms with Crippen LogP contribution >= 0.6 is 0 Å². The van der Waals surface area contributed by atoms with Gasteiger partial charge < -0.3 is 24.4 Å². The van der Waals surface area contributed by atoms with Gasteiger partial charge >= 0.3 is 0 Å². The van der Waals surface area contributed by atoms with Crippen molar-refractivity contribution in [3.05, 3.63) is 59.4 Å². The number of aliphatic hydroxyl groups is 1. The molecule has 0 radical (unpaired) electrons. The highest BCUT2D eigenvalue weighted by atomic mass is 16.6. The number of ketones is 1. The largest absolute Gasteiger partial charge is 0.507 e. The number of aliphatic hydroxyl groups excluding tert-OH is 1. The summed E-state index contributed by atoms with van der Waals surface area (Å²) < 4.78 is 11.1. The lowest BCUT2D eigenvalue weighted by molar-refractivity contribution is -0.140. The minimum absolute atomic E-state index is 0.0326. The van der Waals surface area contributed by atoms with Crippen LogP contribution in [0.25, 0.3) is 5.76 Å². The molecule has 2 aromatic rings. The average molecular weight is 423 g/mol. The number of hydrogen-bond acceptors (Lipinski definition) is 7. The van der Waals surface area contributed by atoms with E-state index in [9.17, 15) is 14.7 Å². The number of nitrogens with zero attached hydrogens (tertiary/aromatic N) is 3. The first kappa shape index (κ1) is 20.9. The highest BCUT2D eigenvalue weighted by Crippen LogP contribution is 2.40. The number of carbonyl (C=O) groups excluding carboxylic acids is 2. The van der Waals surface area contributed by atoms with Crippen LogP contribution in [0.15, 0.2) is 48.2 Å². The molecule has 0 spiro atoms. The highest BCUT2D eigenvalue weighted by Gasteiger charge is 2.46. The normalized spacial score (nSPS) is 19.8. The molecule has 1 fully saturated rings. The fourth-order valence-electron chi connectivity index (χ4n) is 3.86. The number of hydrogen-bond donors (Lipinski definition) is 1. The maximum Gasteiger partial charge on any atom is 0.295 e. The first-order chi connectivity index (χ1) is 15.0. The zero-order chi connectivity index (χ0) is 22.0. The van der Waals surface area contributed by atoms with Crippen molar-refractivity contribution in [2.24, 2.45) is 0 Å². The van der Waals surface area contributed by atoms with Crippen LogP contribution < -0.4 is 9.47 Å². The van der Waals surface area contributed by atoms with Gasteiger partial charge in [-0.3, -0.25) is 14.6 Å². The Hall–Kier alpha value is -3.39. The number of aromatic nitrogens is 1. The lowest BCUT2D eigenvalue weighted by atomic mass is 9.98. The number of benzene rings is 1. The van der Waals surface area contributed by atoms with Crippen LogP contribution in [-0.4, -0.2) is 72.0 Å². The maximum absolute atomic E-state index is 13.0. The molecule has 1 saturated heterocycles. The predicted octanol–water partition coefficient (Wildman–Crippen LogP) is 2.23. The Balaban J connectivity index is 1.76. The number of ether oxygens (including phenoxy) is 2. The van der Waals surface area contributed by atoms with Gasteiger partial charge in [0.05, 0.1) is 11.3 Å². The summed E-state index contributed by atoms with van der Waals surface area (Å²) in [5.41, 5.74) is 0.951. The van der Waals surface area contributed by atoms with Crippen molar-refractivity contribution < 1.29 is 24.2 Å². The van der Waals surface area contributed by atoms with Crippen LogP contribution in [0.3, 0.4) is 0 Å². The summed E-state index contributed by atoms with van der Waals surface area (Å²) in [6.45, 7) is 2.00. The summed E-state index contributed by atoms with van der Waals surface area (Å²) >= 11 is 0. The zero-order valence-corrected chi connectivity index (χ0v) is 17.6. The fraction of sp³-hybridized carbons (Fsp3) is 0.348. The molecular weight excluding hydrogens is 398 g/mol. The highest BCUT2D eigenvalue weighted by molar-refractivity contribution is 6.46. The third-order valence-corrected chi connectivity index (χ3v) is 5.33. The monoisotopic (exact) mass is 423 g/mol. The molecule has 0 bridgehead atoms. The summed E-state index contributed by atoms with van der Waals surface area (Å²) in [7, 11) is 3.90. The Morgan fingerprint density at radius 2 is 1.94 bits per heavy atom. The second-order valence-electron chi connectivity index (χ2n) is 7.76. The minimum atomic E-state index is -0.753. The fourth-order valence-corrected chi connectivity index (χ4v) is 3.86. The van der Waals surface area contributed by atoms with E-state index in [1.165, 1.54) is 4.90 Å². The lowest BCUT2D eigenvalue weighted by Crippen LogP contribution is -2.32. The first-order valence-corrected chi connectivity index (χ1v) is 10.2. The van der Waals surface area contributed by atoms with Gasteiger partial charge in [-0.1, -0.05) is 6.07 Å². The number of pyridine rings is 1. The molecule has 8 heteroatoms. The van der Waals surface area contributed by atoms with Gasteiger partial charge in [-0.25, -0.2) is 0 Å². The van der Waals surface area contributed by atoms with Crippen molar-refractivity contribution in [2.75, 3.05) is 40.4 Å². The van der Waals surface area contributed by atoms with E-state index in [0.29, 0.717) is 48.9 Å². The lowest BCUT2D eigenvalue weighted by Gasteiger charge is -2.25. The number of rotatable bonds is 6. The number of fused-ring (bicyclic) bond motifs is 1. The van der Waals surface area contributed by atoms with Crippen LogP contribution in [0.4, 0.5) is 0 Å². The SMILES string of the molecule is CN(C)CCCN1C(=O)C(=O)C(=C(O)c2ccc3c(c2)OCCO3)[C@@H]1c1ccccn1. The zero-order valence-electron chi connectivity index (χ0n) is 17.6. The molecule has 0 saturated carbocycles. The summed E-state index contributed by atoms with van der Waals surface area (Å²) in [5.74, 6) is -0.527. The van der Waals surface area contributed by atoms with E-state index in [0.717, 1.165) is 6.54 Å². The first-order valence-electron chi connectivity index (χ1n) is 10.2. The van der Waals surface area contributed by atoms with Crippen LogP contribution in [0.1, 0.15) is 23.7 Å². The molecule has 1 N–H and O–H groups in total. The van der Waals surface area contributed by atoms with Crippen molar-refractivity contribution in [3.8, 4) is 11.5 Å². The molecule has 2 aliphatic heterocycles. The summed E-state index contributed by atoms with van der Waals surface area (Å²) in [6.07, 6.45) is 2.30. The van der Waals surface area contributed by atoms with Gasteiger partial charge in [0, 0.05) is 18.3 Å². The third kappa shape index (κ3) is 4.11. The Labute approximate surface area is 180 Å². The Bertz CT molecular complexity index is 1020. The Morgan fingerprint density at radius 3 is 2.65 bits per heavy atom. The second-order valence-corrected chi connectivity index (χ2v) is 7.76. The quantitative estimate of drug-likeness (QED) is 0.433. The smallest absolute Gasteiger partial charge is 0.295 e. The average Bonchev–Trinajstić information content (AvgIpc) is 3.03. The van der Waals surface area contributed by atoms with E-state index in [4.69, 9.17) is 9.47 Å². The van der Waals surface area contributed by atoms with Gasteiger partial charge in [-0.05, 0) is 57.4 Å².